The van der Waals surface area contributed by atoms with Crippen LogP contribution in [0.1, 0.15) is 17.7 Å². The zero-order valence-electron chi connectivity index (χ0n) is 15.6. The number of aromatic nitrogens is 2. The summed E-state index contributed by atoms with van der Waals surface area (Å²) in [5, 5.41) is 3.03. The van der Waals surface area contributed by atoms with Crippen molar-refractivity contribution in [3.05, 3.63) is 54.1 Å². The second-order valence-electron chi connectivity index (χ2n) is 6.96. The molecule has 0 spiro atoms. The minimum atomic E-state index is 0.110. The van der Waals surface area contributed by atoms with Gasteiger partial charge in [0, 0.05) is 65.0 Å². The Morgan fingerprint density at radius 2 is 1.81 bits per heavy atom. The van der Waals surface area contributed by atoms with Gasteiger partial charge in [-0.3, -0.25) is 14.6 Å². The van der Waals surface area contributed by atoms with Crippen LogP contribution in [0.25, 0.3) is 0 Å². The van der Waals surface area contributed by atoms with Gasteiger partial charge < -0.3 is 9.88 Å². The smallest absolute Gasteiger partial charge is 0.221 e. The number of imidazole rings is 1. The lowest BCUT2D eigenvalue weighted by Gasteiger charge is -2.34. The largest absolute Gasteiger partial charge is 0.355 e. The van der Waals surface area contributed by atoms with Gasteiger partial charge in [-0.15, -0.1) is 0 Å². The summed E-state index contributed by atoms with van der Waals surface area (Å²) < 4.78 is 1.96. The molecule has 1 saturated heterocycles. The van der Waals surface area contributed by atoms with Gasteiger partial charge in [0.1, 0.15) is 0 Å². The predicted molar refractivity (Wildman–Crippen MR) is 103 cm³/mol. The number of nitrogens with one attached hydrogen (secondary N) is 1. The number of hydrogen-bond donors (Lipinski definition) is 1. The average molecular weight is 355 g/mol. The molecular formula is C20H29N5O. The molecular weight excluding hydrogens is 326 g/mol. The Bertz CT molecular complexity index is 677. The molecule has 6 heteroatoms. The lowest BCUT2D eigenvalue weighted by atomic mass is 10.2. The molecule has 0 atom stereocenters. The Hall–Kier alpha value is -2.18. The van der Waals surface area contributed by atoms with Crippen molar-refractivity contribution in [2.45, 2.75) is 26.4 Å². The number of rotatable bonds is 8. The van der Waals surface area contributed by atoms with Crippen LogP contribution in [0.15, 0.2) is 42.9 Å². The first-order valence-corrected chi connectivity index (χ1v) is 9.43. The Morgan fingerprint density at radius 3 is 2.50 bits per heavy atom. The van der Waals surface area contributed by atoms with Crippen LogP contribution in [-0.4, -0.2) is 64.5 Å². The summed E-state index contributed by atoms with van der Waals surface area (Å²) in [6, 6.07) is 10.6. The van der Waals surface area contributed by atoms with Crippen LogP contribution in [0.2, 0.25) is 0 Å². The Labute approximate surface area is 155 Å². The number of hydrogen-bond acceptors (Lipinski definition) is 4. The maximum absolute atomic E-state index is 11.9. The van der Waals surface area contributed by atoms with Gasteiger partial charge in [-0.05, 0) is 12.5 Å². The number of amides is 1. The summed E-state index contributed by atoms with van der Waals surface area (Å²) in [6.07, 6.45) is 4.24. The molecule has 1 aliphatic rings. The number of aryl methyl sites for hydroxylation is 2. The lowest BCUT2D eigenvalue weighted by molar-refractivity contribution is -0.121. The first kappa shape index (κ1) is 18.6. The van der Waals surface area contributed by atoms with Crippen molar-refractivity contribution in [2.75, 3.05) is 39.3 Å². The van der Waals surface area contributed by atoms with Crippen molar-refractivity contribution >= 4 is 5.91 Å². The zero-order valence-corrected chi connectivity index (χ0v) is 15.6. The Kier molecular flexibility index (Phi) is 6.80. The van der Waals surface area contributed by atoms with Crippen LogP contribution >= 0.6 is 0 Å². The highest BCUT2D eigenvalue weighted by molar-refractivity contribution is 5.75. The topological polar surface area (TPSA) is 53.4 Å². The van der Waals surface area contributed by atoms with Gasteiger partial charge in [0.2, 0.25) is 5.91 Å². The SMILES string of the molecule is Cc1cn(CCC(=O)NCCN2CCN(Cc3ccccc3)CC2)cn1. The molecule has 1 amide bonds. The fraction of sp³-hybridized carbons (Fsp3) is 0.500. The van der Waals surface area contributed by atoms with E-state index in [2.05, 4.69) is 50.4 Å². The second kappa shape index (κ2) is 9.50. The number of nitrogens with zero attached hydrogens (tertiary/aromatic N) is 4. The van der Waals surface area contributed by atoms with Gasteiger partial charge in [0.05, 0.1) is 12.0 Å². The standard InChI is InChI=1S/C20H29N5O/c1-18-15-25(17-22-18)9-7-20(26)21-8-10-23-11-13-24(14-12-23)16-19-5-3-2-4-6-19/h2-6,15,17H,7-14,16H2,1H3,(H,21,26). The van der Waals surface area contributed by atoms with Gasteiger partial charge in [-0.25, -0.2) is 4.98 Å². The van der Waals surface area contributed by atoms with E-state index in [-0.39, 0.29) is 5.91 Å². The zero-order chi connectivity index (χ0) is 18.2. The first-order chi connectivity index (χ1) is 12.7. The van der Waals surface area contributed by atoms with Crippen molar-refractivity contribution in [2.24, 2.45) is 0 Å². The molecule has 1 fully saturated rings. The van der Waals surface area contributed by atoms with Crippen LogP contribution < -0.4 is 5.32 Å². The molecule has 26 heavy (non-hydrogen) atoms. The molecule has 1 aromatic carbocycles. The van der Waals surface area contributed by atoms with E-state index in [4.69, 9.17) is 0 Å². The van der Waals surface area contributed by atoms with E-state index in [1.807, 2.05) is 17.7 Å². The summed E-state index contributed by atoms with van der Waals surface area (Å²) >= 11 is 0. The van der Waals surface area contributed by atoms with Crippen molar-refractivity contribution < 1.29 is 4.79 Å². The maximum Gasteiger partial charge on any atom is 0.221 e. The van der Waals surface area contributed by atoms with Gasteiger partial charge >= 0.3 is 0 Å². The summed E-state index contributed by atoms with van der Waals surface area (Å²) in [6.45, 7) is 9.62. The van der Waals surface area contributed by atoms with Gasteiger partial charge in [-0.2, -0.15) is 0 Å². The van der Waals surface area contributed by atoms with Crippen molar-refractivity contribution in [1.29, 1.82) is 0 Å². The molecule has 2 aromatic rings. The van der Waals surface area contributed by atoms with Gasteiger partial charge in [0.25, 0.3) is 0 Å². The minimum absolute atomic E-state index is 0.110. The van der Waals surface area contributed by atoms with Crippen LogP contribution in [0, 0.1) is 6.92 Å². The summed E-state index contributed by atoms with van der Waals surface area (Å²) in [7, 11) is 0. The van der Waals surface area contributed by atoms with Crippen LogP contribution in [-0.2, 0) is 17.9 Å². The normalized spacial score (nSPS) is 15.9. The predicted octanol–water partition coefficient (Wildman–Crippen LogP) is 1.52. The molecule has 1 N–H and O–H groups in total. The monoisotopic (exact) mass is 355 g/mol. The van der Waals surface area contributed by atoms with E-state index in [0.717, 1.165) is 51.5 Å². The highest BCUT2D eigenvalue weighted by atomic mass is 16.1. The minimum Gasteiger partial charge on any atom is -0.355 e. The van der Waals surface area contributed by atoms with Gasteiger partial charge in [0.15, 0.2) is 0 Å². The van der Waals surface area contributed by atoms with E-state index < -0.39 is 0 Å². The molecule has 1 aliphatic heterocycles. The molecule has 3 rings (SSSR count). The number of piperazine rings is 1. The van der Waals surface area contributed by atoms with Gasteiger partial charge in [-0.1, -0.05) is 30.3 Å². The second-order valence-corrected chi connectivity index (χ2v) is 6.96. The third-order valence-corrected chi connectivity index (χ3v) is 4.82. The van der Waals surface area contributed by atoms with Crippen LogP contribution in [0.4, 0.5) is 0 Å². The lowest BCUT2D eigenvalue weighted by Crippen LogP contribution is -2.48. The summed E-state index contributed by atoms with van der Waals surface area (Å²) in [5.74, 6) is 0.110. The third kappa shape index (κ3) is 5.97. The van der Waals surface area contributed by atoms with Crippen LogP contribution in [0.3, 0.4) is 0 Å². The fourth-order valence-electron chi connectivity index (χ4n) is 3.28. The maximum atomic E-state index is 11.9. The fourth-order valence-corrected chi connectivity index (χ4v) is 3.28. The van der Waals surface area contributed by atoms with E-state index in [0.29, 0.717) is 13.0 Å². The van der Waals surface area contributed by atoms with Crippen molar-refractivity contribution in [3.63, 3.8) is 0 Å². The third-order valence-electron chi connectivity index (χ3n) is 4.82. The molecule has 1 aromatic heterocycles. The molecule has 0 unspecified atom stereocenters. The number of carbonyl (C=O) groups excluding carboxylic acids is 1. The molecule has 140 valence electrons. The Balaban J connectivity index is 1.27. The molecule has 0 saturated carbocycles. The summed E-state index contributed by atoms with van der Waals surface area (Å²) in [4.78, 5) is 21.0. The average Bonchev–Trinajstić information content (AvgIpc) is 3.08. The summed E-state index contributed by atoms with van der Waals surface area (Å²) in [5.41, 5.74) is 2.36. The van der Waals surface area contributed by atoms with Crippen molar-refractivity contribution in [1.82, 2.24) is 24.7 Å². The highest BCUT2D eigenvalue weighted by Crippen LogP contribution is 2.08. The van der Waals surface area contributed by atoms with E-state index in [9.17, 15) is 4.79 Å². The molecule has 0 radical (unpaired) electrons. The number of benzene rings is 1. The van der Waals surface area contributed by atoms with Crippen molar-refractivity contribution in [3.8, 4) is 0 Å². The van der Waals surface area contributed by atoms with E-state index >= 15 is 0 Å². The highest BCUT2D eigenvalue weighted by Gasteiger charge is 2.16. The molecule has 2 heterocycles. The van der Waals surface area contributed by atoms with Crippen LogP contribution in [0.5, 0.6) is 0 Å². The van der Waals surface area contributed by atoms with E-state index in [1.165, 1.54) is 5.56 Å². The number of carbonyl (C=O) groups is 1. The Morgan fingerprint density at radius 1 is 1.08 bits per heavy atom. The molecule has 6 nitrogen and oxygen atoms in total. The molecule has 0 aliphatic carbocycles. The quantitative estimate of drug-likeness (QED) is 0.780. The first-order valence-electron chi connectivity index (χ1n) is 9.43. The molecule has 0 bridgehead atoms. The van der Waals surface area contributed by atoms with E-state index in [1.54, 1.807) is 6.33 Å².